The molecule has 2 atom stereocenters. The highest BCUT2D eigenvalue weighted by molar-refractivity contribution is 5.85. The molecule has 15 heavy (non-hydrogen) atoms. The minimum absolute atomic E-state index is 0. The van der Waals surface area contributed by atoms with Gasteiger partial charge in [0.05, 0.1) is 13.2 Å². The fourth-order valence-electron chi connectivity index (χ4n) is 1.45. The van der Waals surface area contributed by atoms with Crippen LogP contribution in [0.2, 0.25) is 0 Å². The Bertz CT molecular complexity index is 274. The highest BCUT2D eigenvalue weighted by Crippen LogP contribution is 2.21. The standard InChI is InChI=1S/C11H17NO2.ClH/c1-8(12)11(14-3)9-4-6-10(13-2)7-5-9;/h4-8,11H,12H2,1-3H3;1H. The Morgan fingerprint density at radius 1 is 1.13 bits per heavy atom. The van der Waals surface area contributed by atoms with E-state index in [1.54, 1.807) is 14.2 Å². The van der Waals surface area contributed by atoms with Gasteiger partial charge >= 0.3 is 0 Å². The van der Waals surface area contributed by atoms with Gasteiger partial charge in [-0.2, -0.15) is 0 Å². The van der Waals surface area contributed by atoms with Crippen molar-refractivity contribution in [2.45, 2.75) is 19.1 Å². The summed E-state index contributed by atoms with van der Waals surface area (Å²) in [5.41, 5.74) is 6.87. The number of nitrogens with two attached hydrogens (primary N) is 1. The zero-order valence-electron chi connectivity index (χ0n) is 9.27. The third-order valence-corrected chi connectivity index (χ3v) is 2.18. The Kier molecular flexibility index (Phi) is 6.32. The SMILES string of the molecule is COc1ccc(C(OC)C(C)N)cc1.Cl. The molecule has 2 unspecified atom stereocenters. The average molecular weight is 232 g/mol. The number of benzene rings is 1. The number of rotatable bonds is 4. The van der Waals surface area contributed by atoms with E-state index in [0.29, 0.717) is 0 Å². The van der Waals surface area contributed by atoms with Crippen LogP contribution in [-0.4, -0.2) is 20.3 Å². The predicted molar refractivity (Wildman–Crippen MR) is 63.6 cm³/mol. The maximum atomic E-state index is 5.79. The van der Waals surface area contributed by atoms with Gasteiger partial charge in [-0.15, -0.1) is 12.4 Å². The molecule has 0 spiro atoms. The van der Waals surface area contributed by atoms with Crippen LogP contribution in [0, 0.1) is 0 Å². The Balaban J connectivity index is 0.00000196. The first kappa shape index (κ1) is 14.2. The summed E-state index contributed by atoms with van der Waals surface area (Å²) in [6, 6.07) is 7.73. The van der Waals surface area contributed by atoms with Gasteiger partial charge in [0.2, 0.25) is 0 Å². The third kappa shape index (κ3) is 3.70. The van der Waals surface area contributed by atoms with Crippen LogP contribution in [0.4, 0.5) is 0 Å². The van der Waals surface area contributed by atoms with Crippen molar-refractivity contribution in [3.8, 4) is 5.75 Å². The van der Waals surface area contributed by atoms with Gasteiger partial charge in [0, 0.05) is 13.2 Å². The summed E-state index contributed by atoms with van der Waals surface area (Å²) in [4.78, 5) is 0. The van der Waals surface area contributed by atoms with E-state index < -0.39 is 0 Å². The summed E-state index contributed by atoms with van der Waals surface area (Å²) < 4.78 is 10.4. The summed E-state index contributed by atoms with van der Waals surface area (Å²) in [6.07, 6.45) is -0.0547. The van der Waals surface area contributed by atoms with Crippen LogP contribution in [-0.2, 0) is 4.74 Å². The lowest BCUT2D eigenvalue weighted by Gasteiger charge is -2.19. The first-order chi connectivity index (χ1) is 6.69. The van der Waals surface area contributed by atoms with Crippen LogP contribution in [0.5, 0.6) is 5.75 Å². The van der Waals surface area contributed by atoms with Gasteiger partial charge < -0.3 is 15.2 Å². The fourth-order valence-corrected chi connectivity index (χ4v) is 1.45. The first-order valence-corrected chi connectivity index (χ1v) is 4.61. The molecule has 1 rings (SSSR count). The molecule has 0 aliphatic carbocycles. The molecule has 0 radical (unpaired) electrons. The van der Waals surface area contributed by atoms with Gasteiger partial charge in [-0.05, 0) is 24.6 Å². The molecular weight excluding hydrogens is 214 g/mol. The Labute approximate surface area is 97.0 Å². The highest BCUT2D eigenvalue weighted by Gasteiger charge is 2.14. The number of hydrogen-bond acceptors (Lipinski definition) is 3. The molecule has 0 heterocycles. The van der Waals surface area contributed by atoms with Crippen LogP contribution in [0.3, 0.4) is 0 Å². The molecule has 0 amide bonds. The lowest BCUT2D eigenvalue weighted by molar-refractivity contribution is 0.0853. The summed E-state index contributed by atoms with van der Waals surface area (Å²) in [5, 5.41) is 0. The smallest absolute Gasteiger partial charge is 0.118 e. The van der Waals surface area contributed by atoms with E-state index in [2.05, 4.69) is 0 Å². The fraction of sp³-hybridized carbons (Fsp3) is 0.455. The Hall–Kier alpha value is -0.770. The Morgan fingerprint density at radius 3 is 2.00 bits per heavy atom. The average Bonchev–Trinajstić information content (AvgIpc) is 2.19. The lowest BCUT2D eigenvalue weighted by Crippen LogP contribution is -2.25. The van der Waals surface area contributed by atoms with Crippen molar-refractivity contribution in [3.05, 3.63) is 29.8 Å². The summed E-state index contributed by atoms with van der Waals surface area (Å²) >= 11 is 0. The molecule has 3 nitrogen and oxygen atoms in total. The molecule has 4 heteroatoms. The van der Waals surface area contributed by atoms with Crippen molar-refractivity contribution in [1.82, 2.24) is 0 Å². The molecule has 0 aliphatic rings. The van der Waals surface area contributed by atoms with E-state index in [9.17, 15) is 0 Å². The monoisotopic (exact) mass is 231 g/mol. The second-order valence-electron chi connectivity index (χ2n) is 3.29. The zero-order chi connectivity index (χ0) is 10.6. The second-order valence-corrected chi connectivity index (χ2v) is 3.29. The zero-order valence-corrected chi connectivity index (χ0v) is 10.1. The molecule has 0 saturated heterocycles. The van der Waals surface area contributed by atoms with Gasteiger partial charge in [0.15, 0.2) is 0 Å². The van der Waals surface area contributed by atoms with Crippen molar-refractivity contribution >= 4 is 12.4 Å². The summed E-state index contributed by atoms with van der Waals surface area (Å²) in [7, 11) is 3.31. The van der Waals surface area contributed by atoms with Gasteiger partial charge in [0.25, 0.3) is 0 Å². The van der Waals surface area contributed by atoms with Crippen LogP contribution in [0.15, 0.2) is 24.3 Å². The van der Waals surface area contributed by atoms with Gasteiger partial charge in [-0.3, -0.25) is 0 Å². The molecule has 0 aromatic heterocycles. The molecule has 1 aromatic carbocycles. The van der Waals surface area contributed by atoms with E-state index in [1.807, 2.05) is 31.2 Å². The molecule has 0 bridgehead atoms. The van der Waals surface area contributed by atoms with E-state index in [1.165, 1.54) is 0 Å². The van der Waals surface area contributed by atoms with Gasteiger partial charge in [0.1, 0.15) is 5.75 Å². The van der Waals surface area contributed by atoms with E-state index in [-0.39, 0.29) is 24.6 Å². The summed E-state index contributed by atoms with van der Waals surface area (Å²) in [5.74, 6) is 0.841. The molecular formula is C11H18ClNO2. The van der Waals surface area contributed by atoms with Crippen molar-refractivity contribution in [2.75, 3.05) is 14.2 Å². The number of hydrogen-bond donors (Lipinski definition) is 1. The molecule has 0 fully saturated rings. The molecule has 0 aliphatic heterocycles. The normalized spacial score (nSPS) is 13.9. The largest absolute Gasteiger partial charge is 0.497 e. The van der Waals surface area contributed by atoms with E-state index >= 15 is 0 Å². The summed E-state index contributed by atoms with van der Waals surface area (Å²) in [6.45, 7) is 1.93. The highest BCUT2D eigenvalue weighted by atomic mass is 35.5. The quantitative estimate of drug-likeness (QED) is 0.864. The molecule has 2 N–H and O–H groups in total. The number of methoxy groups -OCH3 is 2. The predicted octanol–water partition coefficient (Wildman–Crippen LogP) is 2.15. The third-order valence-electron chi connectivity index (χ3n) is 2.18. The maximum absolute atomic E-state index is 5.79. The van der Waals surface area contributed by atoms with Crippen LogP contribution < -0.4 is 10.5 Å². The number of halogens is 1. The van der Waals surface area contributed by atoms with Gasteiger partial charge in [-0.25, -0.2) is 0 Å². The second kappa shape index (κ2) is 6.67. The topological polar surface area (TPSA) is 44.5 Å². The Morgan fingerprint density at radius 2 is 1.67 bits per heavy atom. The molecule has 86 valence electrons. The molecule has 1 aromatic rings. The maximum Gasteiger partial charge on any atom is 0.118 e. The van der Waals surface area contributed by atoms with Crippen LogP contribution in [0.25, 0.3) is 0 Å². The minimum atomic E-state index is -0.0547. The van der Waals surface area contributed by atoms with E-state index in [0.717, 1.165) is 11.3 Å². The number of ether oxygens (including phenoxy) is 2. The first-order valence-electron chi connectivity index (χ1n) is 4.61. The van der Waals surface area contributed by atoms with Crippen molar-refractivity contribution in [3.63, 3.8) is 0 Å². The van der Waals surface area contributed by atoms with Crippen molar-refractivity contribution in [2.24, 2.45) is 5.73 Å². The van der Waals surface area contributed by atoms with Crippen LogP contribution >= 0.6 is 12.4 Å². The molecule has 0 saturated carbocycles. The van der Waals surface area contributed by atoms with Crippen LogP contribution in [0.1, 0.15) is 18.6 Å². The van der Waals surface area contributed by atoms with Crippen molar-refractivity contribution in [1.29, 1.82) is 0 Å². The minimum Gasteiger partial charge on any atom is -0.497 e. The lowest BCUT2D eigenvalue weighted by atomic mass is 10.0. The van der Waals surface area contributed by atoms with E-state index in [4.69, 9.17) is 15.2 Å². The van der Waals surface area contributed by atoms with Gasteiger partial charge in [-0.1, -0.05) is 12.1 Å². The van der Waals surface area contributed by atoms with Crippen molar-refractivity contribution < 1.29 is 9.47 Å².